The summed E-state index contributed by atoms with van der Waals surface area (Å²) in [5.41, 5.74) is 2.10. The second kappa shape index (κ2) is 11.6. The fourth-order valence-corrected chi connectivity index (χ4v) is 4.86. The van der Waals surface area contributed by atoms with Gasteiger partial charge in [-0.25, -0.2) is 19.3 Å². The van der Waals surface area contributed by atoms with Crippen molar-refractivity contribution in [2.75, 3.05) is 25.1 Å². The summed E-state index contributed by atoms with van der Waals surface area (Å²) in [7, 11) is 0. The highest BCUT2D eigenvalue weighted by atomic mass is 35.5. The van der Waals surface area contributed by atoms with Crippen LogP contribution in [0.15, 0.2) is 42.6 Å². The highest BCUT2D eigenvalue weighted by Crippen LogP contribution is 2.30. The summed E-state index contributed by atoms with van der Waals surface area (Å²) in [5, 5.41) is 16.1. The van der Waals surface area contributed by atoms with Crippen LogP contribution in [0.5, 0.6) is 0 Å². The number of carbonyl (C=O) groups excluding carboxylic acids is 2. The van der Waals surface area contributed by atoms with Gasteiger partial charge in [-0.3, -0.25) is 9.59 Å². The Balaban J connectivity index is 1.31. The van der Waals surface area contributed by atoms with Crippen molar-refractivity contribution in [2.45, 2.75) is 44.4 Å². The van der Waals surface area contributed by atoms with Gasteiger partial charge in [0.15, 0.2) is 0 Å². The van der Waals surface area contributed by atoms with Crippen molar-refractivity contribution in [2.24, 2.45) is 0 Å². The first-order valence-electron chi connectivity index (χ1n) is 12.7. The molecule has 1 fully saturated rings. The number of anilines is 1. The summed E-state index contributed by atoms with van der Waals surface area (Å²) in [6, 6.07) is 7.65. The molecule has 0 bridgehead atoms. The average Bonchev–Trinajstić information content (AvgIpc) is 3.28. The van der Waals surface area contributed by atoms with Crippen LogP contribution in [-0.4, -0.2) is 68.7 Å². The molecule has 0 aliphatic carbocycles. The molecule has 0 radical (unpaired) electrons. The molecule has 5 rings (SSSR count). The van der Waals surface area contributed by atoms with Crippen LogP contribution in [0.2, 0.25) is 5.02 Å². The minimum atomic E-state index is -0.865. The Morgan fingerprint density at radius 1 is 1.23 bits per heavy atom. The highest BCUT2D eigenvalue weighted by molar-refractivity contribution is 6.32. The molecule has 39 heavy (non-hydrogen) atoms. The molecule has 3 N–H and O–H groups in total. The lowest BCUT2D eigenvalue weighted by Crippen LogP contribution is -2.46. The second-order valence-electron chi connectivity index (χ2n) is 9.53. The van der Waals surface area contributed by atoms with E-state index in [4.69, 9.17) is 16.3 Å². The van der Waals surface area contributed by atoms with Crippen molar-refractivity contribution in [1.82, 2.24) is 25.2 Å². The fraction of sp³-hybridized carbons (Fsp3) is 0.370. The van der Waals surface area contributed by atoms with E-state index in [1.165, 1.54) is 29.3 Å². The van der Waals surface area contributed by atoms with Crippen molar-refractivity contribution in [3.05, 3.63) is 70.3 Å². The van der Waals surface area contributed by atoms with Crippen molar-refractivity contribution >= 4 is 29.4 Å². The fourth-order valence-electron chi connectivity index (χ4n) is 4.67. The number of halogens is 2. The Labute approximate surface area is 229 Å². The standard InChI is InChI=1S/C27H28ClFN6O4/c1-15(25(37)33-22(14-36)16-3-2-4-18(29)11-16)35-13-17-5-6-21(32-23(17)26(35)38)24-20(28)12-30-27(34-24)31-19-7-9-39-10-8-19/h2-6,11-12,15,19,22,36H,7-10,13-14H2,1H3,(H,33,37)(H,30,31,34)/t15-,22-/m1/s1. The van der Waals surface area contributed by atoms with Gasteiger partial charge in [0, 0.05) is 31.4 Å². The van der Waals surface area contributed by atoms with Gasteiger partial charge in [0.1, 0.15) is 23.2 Å². The van der Waals surface area contributed by atoms with Crippen molar-refractivity contribution < 1.29 is 23.8 Å². The van der Waals surface area contributed by atoms with Crippen LogP contribution in [0.3, 0.4) is 0 Å². The lowest BCUT2D eigenvalue weighted by Gasteiger charge is -2.25. The summed E-state index contributed by atoms with van der Waals surface area (Å²) < 4.78 is 19.0. The Morgan fingerprint density at radius 2 is 2.03 bits per heavy atom. The van der Waals surface area contributed by atoms with Crippen molar-refractivity contribution in [3.63, 3.8) is 0 Å². The molecule has 2 amide bonds. The summed E-state index contributed by atoms with van der Waals surface area (Å²) in [5.74, 6) is -0.956. The van der Waals surface area contributed by atoms with Crippen LogP contribution in [0.1, 0.15) is 47.4 Å². The summed E-state index contributed by atoms with van der Waals surface area (Å²) in [6.07, 6.45) is 3.18. The van der Waals surface area contributed by atoms with Crippen LogP contribution in [0.25, 0.3) is 11.4 Å². The maximum absolute atomic E-state index is 13.6. The molecule has 4 heterocycles. The van der Waals surface area contributed by atoms with E-state index < -0.39 is 36.3 Å². The maximum atomic E-state index is 13.6. The van der Waals surface area contributed by atoms with E-state index in [0.717, 1.165) is 12.8 Å². The van der Waals surface area contributed by atoms with Crippen LogP contribution >= 0.6 is 11.6 Å². The number of hydrogen-bond donors (Lipinski definition) is 3. The third kappa shape index (κ3) is 5.85. The summed E-state index contributed by atoms with van der Waals surface area (Å²) in [6.45, 7) is 2.70. The Bertz CT molecular complexity index is 1390. The Kier molecular flexibility index (Phi) is 8.01. The van der Waals surface area contributed by atoms with Gasteiger partial charge in [-0.1, -0.05) is 29.8 Å². The molecule has 2 atom stereocenters. The van der Waals surface area contributed by atoms with Gasteiger partial charge in [0.25, 0.3) is 5.91 Å². The van der Waals surface area contributed by atoms with Crippen LogP contribution in [0, 0.1) is 5.82 Å². The molecule has 0 spiro atoms. The number of aliphatic hydroxyl groups is 1. The normalized spacial score (nSPS) is 17.0. The Hall–Kier alpha value is -3.67. The number of pyridine rings is 1. The predicted octanol–water partition coefficient (Wildman–Crippen LogP) is 3.12. The molecule has 0 saturated carbocycles. The largest absolute Gasteiger partial charge is 0.394 e. The number of fused-ring (bicyclic) bond motifs is 1. The molecular weight excluding hydrogens is 527 g/mol. The molecule has 2 aliphatic rings. The van der Waals surface area contributed by atoms with E-state index in [1.807, 2.05) is 0 Å². The predicted molar refractivity (Wildman–Crippen MR) is 141 cm³/mol. The number of aromatic nitrogens is 3. The summed E-state index contributed by atoms with van der Waals surface area (Å²) >= 11 is 6.40. The van der Waals surface area contributed by atoms with E-state index in [1.54, 1.807) is 25.1 Å². The zero-order valence-corrected chi connectivity index (χ0v) is 22.0. The molecule has 2 aliphatic heterocycles. The topological polar surface area (TPSA) is 130 Å². The van der Waals surface area contributed by atoms with Gasteiger partial charge in [-0.15, -0.1) is 0 Å². The van der Waals surface area contributed by atoms with E-state index in [9.17, 15) is 19.1 Å². The number of hydrogen-bond acceptors (Lipinski definition) is 8. The Morgan fingerprint density at radius 3 is 2.77 bits per heavy atom. The molecular formula is C27H28ClFN6O4. The van der Waals surface area contributed by atoms with Gasteiger partial charge < -0.3 is 25.4 Å². The zero-order chi connectivity index (χ0) is 27.5. The lowest BCUT2D eigenvalue weighted by molar-refractivity contribution is -0.126. The number of aliphatic hydroxyl groups excluding tert-OH is 1. The van der Waals surface area contributed by atoms with Crippen molar-refractivity contribution in [3.8, 4) is 11.4 Å². The van der Waals surface area contributed by atoms with Crippen LogP contribution < -0.4 is 10.6 Å². The first-order chi connectivity index (χ1) is 18.8. The van der Waals surface area contributed by atoms with E-state index in [0.29, 0.717) is 46.7 Å². The minimum absolute atomic E-state index is 0.188. The van der Waals surface area contributed by atoms with E-state index in [-0.39, 0.29) is 18.3 Å². The smallest absolute Gasteiger partial charge is 0.273 e. The number of carbonyl (C=O) groups is 2. The molecule has 2 aromatic heterocycles. The molecule has 204 valence electrons. The molecule has 3 aromatic rings. The van der Waals surface area contributed by atoms with Gasteiger partial charge in [0.2, 0.25) is 11.9 Å². The zero-order valence-electron chi connectivity index (χ0n) is 21.2. The van der Waals surface area contributed by atoms with Gasteiger partial charge in [-0.2, -0.15) is 0 Å². The molecule has 1 aromatic carbocycles. The highest BCUT2D eigenvalue weighted by Gasteiger charge is 2.36. The van der Waals surface area contributed by atoms with Crippen molar-refractivity contribution in [1.29, 1.82) is 0 Å². The van der Waals surface area contributed by atoms with E-state index >= 15 is 0 Å². The number of rotatable bonds is 8. The first kappa shape index (κ1) is 26.9. The van der Waals surface area contributed by atoms with Gasteiger partial charge in [-0.05, 0) is 43.5 Å². The molecule has 1 saturated heterocycles. The number of nitrogens with zero attached hydrogens (tertiary/aromatic N) is 4. The molecule has 10 nitrogen and oxygen atoms in total. The third-order valence-electron chi connectivity index (χ3n) is 6.92. The maximum Gasteiger partial charge on any atom is 0.273 e. The lowest BCUT2D eigenvalue weighted by atomic mass is 10.1. The number of benzene rings is 1. The van der Waals surface area contributed by atoms with E-state index in [2.05, 4.69) is 25.6 Å². The number of amides is 2. The monoisotopic (exact) mass is 554 g/mol. The van der Waals surface area contributed by atoms with Crippen LogP contribution in [-0.2, 0) is 16.1 Å². The quantitative estimate of drug-likeness (QED) is 0.387. The van der Waals surface area contributed by atoms with Gasteiger partial charge in [0.05, 0.1) is 29.6 Å². The molecule has 0 unspecified atom stereocenters. The van der Waals surface area contributed by atoms with Crippen LogP contribution in [0.4, 0.5) is 10.3 Å². The SMILES string of the molecule is C[C@H](C(=O)N[C@H](CO)c1cccc(F)c1)N1Cc2ccc(-c3nc(NC4CCOCC4)ncc3Cl)nc2C1=O. The first-order valence-corrected chi connectivity index (χ1v) is 13.1. The average molecular weight is 555 g/mol. The number of nitrogens with one attached hydrogen (secondary N) is 2. The third-order valence-corrected chi connectivity index (χ3v) is 7.20. The molecule has 12 heteroatoms. The second-order valence-corrected chi connectivity index (χ2v) is 9.94. The summed E-state index contributed by atoms with van der Waals surface area (Å²) in [4.78, 5) is 41.1. The minimum Gasteiger partial charge on any atom is -0.394 e. The van der Waals surface area contributed by atoms with Gasteiger partial charge >= 0.3 is 0 Å². The number of ether oxygens (including phenoxy) is 1.